The van der Waals surface area contributed by atoms with Crippen molar-refractivity contribution in [2.45, 2.75) is 50.6 Å². The first-order valence-corrected chi connectivity index (χ1v) is 5.87. The van der Waals surface area contributed by atoms with E-state index in [0.717, 1.165) is 25.7 Å². The van der Waals surface area contributed by atoms with Gasteiger partial charge >= 0.3 is 0 Å². The van der Waals surface area contributed by atoms with Gasteiger partial charge in [0.05, 0.1) is 5.54 Å². The Balaban J connectivity index is 2.14. The van der Waals surface area contributed by atoms with Crippen molar-refractivity contribution in [2.75, 3.05) is 0 Å². The minimum Gasteiger partial charge on any atom is -0.339 e. The summed E-state index contributed by atoms with van der Waals surface area (Å²) >= 11 is 0. The fourth-order valence-corrected chi connectivity index (χ4v) is 2.20. The molecule has 0 aliphatic heterocycles. The average molecular weight is 236 g/mol. The zero-order chi connectivity index (χ0) is 12.1. The van der Waals surface area contributed by atoms with Crippen LogP contribution in [0.1, 0.15) is 50.2 Å². The second-order valence-electron chi connectivity index (χ2n) is 4.47. The fraction of sp³-hybridized carbons (Fsp3) is 0.800. The van der Waals surface area contributed by atoms with Crippen molar-refractivity contribution in [3.8, 4) is 0 Å². The summed E-state index contributed by atoms with van der Waals surface area (Å²) in [4.78, 5) is 6.87. The predicted molar refractivity (Wildman–Crippen MR) is 60.7 cm³/mol. The van der Waals surface area contributed by atoms with Gasteiger partial charge in [0, 0.05) is 4.91 Å². The van der Waals surface area contributed by atoms with E-state index in [1.807, 2.05) is 0 Å². The van der Waals surface area contributed by atoms with E-state index >= 15 is 0 Å². The molecule has 92 valence electrons. The van der Waals surface area contributed by atoms with E-state index in [4.69, 9.17) is 15.8 Å². The predicted octanol–water partition coefficient (Wildman–Crippen LogP) is 2.39. The molecule has 0 unspecified atom stereocenters. The fourth-order valence-electron chi connectivity index (χ4n) is 2.20. The molecule has 0 amide bonds. The molecule has 1 fully saturated rings. The molecule has 0 saturated heterocycles. The highest BCUT2D eigenvalue weighted by Crippen LogP contribution is 2.31. The van der Waals surface area contributed by atoms with Crippen LogP contribution < -0.4 is 5.73 Å². The maximum Gasteiger partial charge on any atom is 0.232 e. The highest BCUT2D eigenvalue weighted by molar-refractivity contribution is 5.04. The van der Waals surface area contributed by atoms with E-state index < -0.39 is 5.54 Å². The number of hydrogen-bond donors (Lipinski definition) is 1. The summed E-state index contributed by atoms with van der Waals surface area (Å²) in [5.74, 6) is 0.870. The minimum absolute atomic E-state index is 0.0829. The van der Waals surface area contributed by atoms with Crippen molar-refractivity contribution in [1.82, 2.24) is 10.1 Å². The zero-order valence-electron chi connectivity index (χ0n) is 9.67. The van der Waals surface area contributed by atoms with Crippen LogP contribution in [0.4, 0.5) is 0 Å². The molecule has 0 aromatic carbocycles. The van der Waals surface area contributed by atoms with Crippen LogP contribution in [-0.4, -0.2) is 10.1 Å². The van der Waals surface area contributed by atoms with Gasteiger partial charge in [0.1, 0.15) is 6.54 Å². The molecular formula is C10H16N6O. The maximum atomic E-state index is 8.21. The normalized spacial score (nSPS) is 19.4. The van der Waals surface area contributed by atoms with Gasteiger partial charge in [0.2, 0.25) is 5.89 Å². The Morgan fingerprint density at radius 1 is 1.35 bits per heavy atom. The Bertz CT molecular complexity index is 414. The van der Waals surface area contributed by atoms with Gasteiger partial charge in [0.25, 0.3) is 0 Å². The summed E-state index contributed by atoms with van der Waals surface area (Å²) < 4.78 is 5.02. The lowest BCUT2D eigenvalue weighted by Gasteiger charge is -2.23. The van der Waals surface area contributed by atoms with Crippen LogP contribution in [0.2, 0.25) is 0 Å². The van der Waals surface area contributed by atoms with Crippen LogP contribution in [0.5, 0.6) is 0 Å². The molecule has 1 aromatic heterocycles. The molecular weight excluding hydrogens is 220 g/mol. The molecule has 17 heavy (non-hydrogen) atoms. The molecule has 0 bridgehead atoms. The first-order valence-electron chi connectivity index (χ1n) is 5.87. The number of rotatable bonds is 3. The average Bonchev–Trinajstić information content (AvgIpc) is 2.70. The second-order valence-corrected chi connectivity index (χ2v) is 4.47. The topological polar surface area (TPSA) is 114 Å². The lowest BCUT2D eigenvalue weighted by molar-refractivity contribution is 0.325. The van der Waals surface area contributed by atoms with Gasteiger partial charge in [-0.1, -0.05) is 36.0 Å². The maximum absolute atomic E-state index is 8.21. The van der Waals surface area contributed by atoms with Crippen molar-refractivity contribution in [2.24, 2.45) is 10.8 Å². The van der Waals surface area contributed by atoms with Crippen LogP contribution in [0.3, 0.4) is 0 Å². The summed E-state index contributed by atoms with van der Waals surface area (Å²) in [6.45, 7) is 0.0829. The first kappa shape index (κ1) is 11.9. The third kappa shape index (κ3) is 2.75. The largest absolute Gasteiger partial charge is 0.339 e. The highest BCUT2D eigenvalue weighted by atomic mass is 16.5. The molecule has 0 spiro atoms. The first-order chi connectivity index (χ1) is 8.24. The standard InChI is InChI=1S/C10H16N6O/c11-10(5-3-1-2-4-6-10)9-14-8(17-15-9)7-13-16-12/h1-7,11H2. The molecule has 7 heteroatoms. The molecule has 0 atom stereocenters. The van der Waals surface area contributed by atoms with Gasteiger partial charge in [-0.3, -0.25) is 0 Å². The molecule has 1 aromatic rings. The smallest absolute Gasteiger partial charge is 0.232 e. The summed E-state index contributed by atoms with van der Waals surface area (Å²) in [6, 6.07) is 0. The third-order valence-corrected chi connectivity index (χ3v) is 3.18. The summed E-state index contributed by atoms with van der Waals surface area (Å²) in [6.07, 6.45) is 6.37. The van der Waals surface area contributed by atoms with Crippen molar-refractivity contribution < 1.29 is 4.52 Å². The van der Waals surface area contributed by atoms with Crippen molar-refractivity contribution in [1.29, 1.82) is 0 Å². The van der Waals surface area contributed by atoms with Gasteiger partial charge in [-0.2, -0.15) is 4.98 Å². The van der Waals surface area contributed by atoms with E-state index in [9.17, 15) is 0 Å². The lowest BCUT2D eigenvalue weighted by Crippen LogP contribution is -2.37. The summed E-state index contributed by atoms with van der Waals surface area (Å²) in [5, 5.41) is 7.30. The molecule has 7 nitrogen and oxygen atoms in total. The lowest BCUT2D eigenvalue weighted by atomic mass is 9.91. The van der Waals surface area contributed by atoms with Crippen LogP contribution >= 0.6 is 0 Å². The van der Waals surface area contributed by atoms with E-state index in [0.29, 0.717) is 11.7 Å². The number of hydrogen-bond acceptors (Lipinski definition) is 5. The summed E-state index contributed by atoms with van der Waals surface area (Å²) in [5.41, 5.74) is 14.1. The minimum atomic E-state index is -0.478. The van der Waals surface area contributed by atoms with E-state index in [-0.39, 0.29) is 6.54 Å². The number of aromatic nitrogens is 2. The Hall–Kier alpha value is -1.59. The van der Waals surface area contributed by atoms with Gasteiger partial charge in [-0.25, -0.2) is 0 Å². The molecule has 1 aliphatic carbocycles. The van der Waals surface area contributed by atoms with E-state index in [1.54, 1.807) is 0 Å². The van der Waals surface area contributed by atoms with Crippen molar-refractivity contribution >= 4 is 0 Å². The number of nitrogens with zero attached hydrogens (tertiary/aromatic N) is 5. The zero-order valence-corrected chi connectivity index (χ0v) is 9.67. The van der Waals surface area contributed by atoms with Crippen LogP contribution in [0.25, 0.3) is 10.4 Å². The van der Waals surface area contributed by atoms with Crippen LogP contribution in [0, 0.1) is 0 Å². The molecule has 0 radical (unpaired) electrons. The molecule has 1 aliphatic rings. The number of azide groups is 1. The van der Waals surface area contributed by atoms with Gasteiger partial charge in [-0.15, -0.1) is 0 Å². The van der Waals surface area contributed by atoms with Crippen LogP contribution in [0.15, 0.2) is 9.64 Å². The molecule has 2 N–H and O–H groups in total. The monoisotopic (exact) mass is 236 g/mol. The van der Waals surface area contributed by atoms with Crippen molar-refractivity contribution in [3.05, 3.63) is 22.2 Å². The second kappa shape index (κ2) is 5.16. The van der Waals surface area contributed by atoms with Gasteiger partial charge in [0.15, 0.2) is 5.82 Å². The van der Waals surface area contributed by atoms with E-state index in [2.05, 4.69) is 20.2 Å². The molecule has 2 rings (SSSR count). The SMILES string of the molecule is [N-]=[N+]=NCc1nc(C2(N)CCCCCC2)no1. The van der Waals surface area contributed by atoms with Crippen LogP contribution in [-0.2, 0) is 12.1 Å². The van der Waals surface area contributed by atoms with Gasteiger partial charge < -0.3 is 10.3 Å². The Morgan fingerprint density at radius 2 is 2.06 bits per heavy atom. The van der Waals surface area contributed by atoms with Crippen molar-refractivity contribution in [3.63, 3.8) is 0 Å². The number of nitrogens with two attached hydrogens (primary N) is 1. The quantitative estimate of drug-likeness (QED) is 0.375. The Kier molecular flexibility index (Phi) is 3.61. The van der Waals surface area contributed by atoms with Gasteiger partial charge in [-0.05, 0) is 18.4 Å². The summed E-state index contributed by atoms with van der Waals surface area (Å²) in [7, 11) is 0. The molecule has 1 saturated carbocycles. The molecule has 1 heterocycles. The van der Waals surface area contributed by atoms with E-state index in [1.165, 1.54) is 12.8 Å². The Labute approximate surface area is 99.0 Å². The Morgan fingerprint density at radius 3 is 2.71 bits per heavy atom. The third-order valence-electron chi connectivity index (χ3n) is 3.18. The highest BCUT2D eigenvalue weighted by Gasteiger charge is 2.33.